The molecule has 1 amide bonds. The number of carbonyl (C=O) groups is 1. The summed E-state index contributed by atoms with van der Waals surface area (Å²) in [6, 6.07) is 4.08. The van der Waals surface area contributed by atoms with Gasteiger partial charge in [-0.3, -0.25) is 4.79 Å². The minimum atomic E-state index is -0.577. The zero-order valence-electron chi connectivity index (χ0n) is 12.1. The van der Waals surface area contributed by atoms with Crippen molar-refractivity contribution in [1.82, 2.24) is 5.32 Å². The molecule has 3 nitrogen and oxygen atoms in total. The van der Waals surface area contributed by atoms with Crippen LogP contribution in [0.1, 0.15) is 43.1 Å². The van der Waals surface area contributed by atoms with Crippen LogP contribution in [0.3, 0.4) is 0 Å². The number of benzene rings is 1. The van der Waals surface area contributed by atoms with E-state index in [9.17, 15) is 9.18 Å². The van der Waals surface area contributed by atoms with Gasteiger partial charge >= 0.3 is 0 Å². The van der Waals surface area contributed by atoms with Gasteiger partial charge in [0.2, 0.25) is 0 Å². The Morgan fingerprint density at radius 2 is 2.15 bits per heavy atom. The lowest BCUT2D eigenvalue weighted by Crippen LogP contribution is -2.34. The maximum Gasteiger partial charge on any atom is 0.254 e. The van der Waals surface area contributed by atoms with Gasteiger partial charge in [-0.1, -0.05) is 32.6 Å². The average molecular weight is 277 g/mol. The van der Waals surface area contributed by atoms with Crippen LogP contribution in [0.5, 0.6) is 0 Å². The van der Waals surface area contributed by atoms with Crippen LogP contribution in [0, 0.1) is 23.1 Å². The fourth-order valence-electron chi connectivity index (χ4n) is 1.46. The third kappa shape index (κ3) is 4.67. The van der Waals surface area contributed by atoms with Gasteiger partial charge in [-0.15, -0.1) is 0 Å². The zero-order valence-corrected chi connectivity index (χ0v) is 12.1. The molecule has 0 spiro atoms. The Morgan fingerprint density at radius 3 is 2.75 bits per heavy atom. The third-order valence-electron chi connectivity index (χ3n) is 3.21. The highest BCUT2D eigenvalue weighted by atomic mass is 19.1. The van der Waals surface area contributed by atoms with Crippen molar-refractivity contribution in [2.45, 2.75) is 27.2 Å². The Balaban J connectivity index is 2.87. The van der Waals surface area contributed by atoms with Crippen molar-refractivity contribution in [2.24, 2.45) is 5.41 Å². The minimum absolute atomic E-state index is 0.0263. The Kier molecular flexibility index (Phi) is 5.72. The van der Waals surface area contributed by atoms with E-state index in [4.69, 9.17) is 5.11 Å². The van der Waals surface area contributed by atoms with E-state index in [-0.39, 0.29) is 17.6 Å². The van der Waals surface area contributed by atoms with E-state index < -0.39 is 11.7 Å². The highest BCUT2D eigenvalue weighted by molar-refractivity contribution is 5.94. The second-order valence-corrected chi connectivity index (χ2v) is 5.35. The third-order valence-corrected chi connectivity index (χ3v) is 3.21. The van der Waals surface area contributed by atoms with Gasteiger partial charge in [0.15, 0.2) is 0 Å². The lowest BCUT2D eigenvalue weighted by molar-refractivity contribution is 0.0931. The van der Waals surface area contributed by atoms with Gasteiger partial charge in [0.05, 0.1) is 5.56 Å². The standard InChI is InChI=1S/C16H20FNO2/c1-4-16(2,3)11-18-15(20)13-10-12(6-5-9-19)7-8-14(13)17/h7-8,10,19H,4,9,11H2,1-3H3,(H,18,20). The molecule has 0 bridgehead atoms. The van der Waals surface area contributed by atoms with Crippen LogP contribution in [0.25, 0.3) is 0 Å². The molecule has 0 saturated heterocycles. The number of hydrogen-bond acceptors (Lipinski definition) is 2. The molecule has 1 aromatic rings. The summed E-state index contributed by atoms with van der Waals surface area (Å²) in [5.41, 5.74) is 0.447. The number of aliphatic hydroxyl groups excluding tert-OH is 1. The Hall–Kier alpha value is -1.86. The lowest BCUT2D eigenvalue weighted by atomic mass is 9.90. The minimum Gasteiger partial charge on any atom is -0.384 e. The molecule has 0 aliphatic rings. The van der Waals surface area contributed by atoms with E-state index in [1.165, 1.54) is 18.2 Å². The maximum absolute atomic E-state index is 13.7. The molecule has 0 atom stereocenters. The number of aliphatic hydroxyl groups is 1. The first-order chi connectivity index (χ1) is 9.39. The molecule has 0 radical (unpaired) electrons. The molecule has 0 aliphatic carbocycles. The summed E-state index contributed by atoms with van der Waals surface area (Å²) < 4.78 is 13.7. The van der Waals surface area contributed by atoms with Crippen molar-refractivity contribution >= 4 is 5.91 Å². The molecular weight excluding hydrogens is 257 g/mol. The molecule has 1 rings (SSSR count). The van der Waals surface area contributed by atoms with E-state index >= 15 is 0 Å². The van der Waals surface area contributed by atoms with E-state index in [1.54, 1.807) is 0 Å². The van der Waals surface area contributed by atoms with Crippen molar-refractivity contribution in [2.75, 3.05) is 13.2 Å². The van der Waals surface area contributed by atoms with Gasteiger partial charge in [-0.25, -0.2) is 4.39 Å². The molecule has 0 saturated carbocycles. The second-order valence-electron chi connectivity index (χ2n) is 5.35. The highest BCUT2D eigenvalue weighted by Crippen LogP contribution is 2.18. The fraction of sp³-hybridized carbons (Fsp3) is 0.438. The van der Waals surface area contributed by atoms with E-state index in [0.29, 0.717) is 12.1 Å². The van der Waals surface area contributed by atoms with Crippen LogP contribution in [0.2, 0.25) is 0 Å². The van der Waals surface area contributed by atoms with E-state index in [1.807, 2.05) is 20.8 Å². The average Bonchev–Trinajstić information content (AvgIpc) is 2.44. The smallest absolute Gasteiger partial charge is 0.254 e. The quantitative estimate of drug-likeness (QED) is 0.830. The molecule has 2 N–H and O–H groups in total. The fourth-order valence-corrected chi connectivity index (χ4v) is 1.46. The van der Waals surface area contributed by atoms with Crippen LogP contribution in [0.15, 0.2) is 18.2 Å². The normalized spacial score (nSPS) is 10.7. The van der Waals surface area contributed by atoms with Crippen LogP contribution in [0.4, 0.5) is 4.39 Å². The van der Waals surface area contributed by atoms with Crippen LogP contribution >= 0.6 is 0 Å². The van der Waals surface area contributed by atoms with Crippen LogP contribution in [-0.4, -0.2) is 24.2 Å². The molecule has 0 aliphatic heterocycles. The topological polar surface area (TPSA) is 49.3 Å². The molecule has 0 aromatic heterocycles. The lowest BCUT2D eigenvalue weighted by Gasteiger charge is -2.22. The number of rotatable bonds is 4. The van der Waals surface area contributed by atoms with Gasteiger partial charge in [0.25, 0.3) is 5.91 Å². The molecule has 4 heteroatoms. The molecule has 0 fully saturated rings. The SMILES string of the molecule is CCC(C)(C)CNC(=O)c1cc(C#CCO)ccc1F. The summed E-state index contributed by atoms with van der Waals surface area (Å²) in [6.45, 7) is 6.31. The van der Waals surface area contributed by atoms with Crippen molar-refractivity contribution in [3.8, 4) is 11.8 Å². The first kappa shape index (κ1) is 16.2. The molecule has 0 heterocycles. The number of hydrogen-bond donors (Lipinski definition) is 2. The largest absolute Gasteiger partial charge is 0.384 e. The molecule has 1 aromatic carbocycles. The summed E-state index contributed by atoms with van der Waals surface area (Å²) in [5, 5.41) is 11.4. The van der Waals surface area contributed by atoms with Crippen molar-refractivity contribution in [1.29, 1.82) is 0 Å². The van der Waals surface area contributed by atoms with Crippen molar-refractivity contribution in [3.63, 3.8) is 0 Å². The van der Waals surface area contributed by atoms with Crippen LogP contribution in [-0.2, 0) is 0 Å². The predicted molar refractivity (Wildman–Crippen MR) is 76.8 cm³/mol. The van der Waals surface area contributed by atoms with Gasteiger partial charge in [0, 0.05) is 12.1 Å². The first-order valence-corrected chi connectivity index (χ1v) is 6.57. The first-order valence-electron chi connectivity index (χ1n) is 6.57. The summed E-state index contributed by atoms with van der Waals surface area (Å²) >= 11 is 0. The van der Waals surface area contributed by atoms with Gasteiger partial charge in [-0.05, 0) is 30.0 Å². The van der Waals surface area contributed by atoms with Crippen LogP contribution < -0.4 is 5.32 Å². The number of carbonyl (C=O) groups excluding carboxylic acids is 1. The second kappa shape index (κ2) is 7.06. The zero-order chi connectivity index (χ0) is 15.2. The highest BCUT2D eigenvalue weighted by Gasteiger charge is 2.18. The predicted octanol–water partition coefficient (Wildman–Crippen LogP) is 2.34. The monoisotopic (exact) mass is 277 g/mol. The summed E-state index contributed by atoms with van der Waals surface area (Å²) in [4.78, 5) is 12.0. The summed E-state index contributed by atoms with van der Waals surface area (Å²) in [5.74, 6) is 4.10. The summed E-state index contributed by atoms with van der Waals surface area (Å²) in [6.07, 6.45) is 0.914. The van der Waals surface area contributed by atoms with E-state index in [2.05, 4.69) is 17.2 Å². The molecule has 0 unspecified atom stereocenters. The Morgan fingerprint density at radius 1 is 1.45 bits per heavy atom. The summed E-state index contributed by atoms with van der Waals surface area (Å²) in [7, 11) is 0. The number of amides is 1. The Labute approximate surface area is 119 Å². The number of halogens is 1. The van der Waals surface area contributed by atoms with E-state index in [0.717, 1.165) is 6.42 Å². The Bertz CT molecular complexity index is 541. The number of nitrogens with one attached hydrogen (secondary N) is 1. The van der Waals surface area contributed by atoms with Crippen molar-refractivity contribution in [3.05, 3.63) is 35.1 Å². The van der Waals surface area contributed by atoms with Gasteiger partial charge in [0.1, 0.15) is 12.4 Å². The van der Waals surface area contributed by atoms with Crippen molar-refractivity contribution < 1.29 is 14.3 Å². The maximum atomic E-state index is 13.7. The van der Waals surface area contributed by atoms with Gasteiger partial charge < -0.3 is 10.4 Å². The molecule has 108 valence electrons. The molecular formula is C16H20FNO2. The molecule has 20 heavy (non-hydrogen) atoms. The van der Waals surface area contributed by atoms with Gasteiger partial charge in [-0.2, -0.15) is 0 Å².